The van der Waals surface area contributed by atoms with Crippen LogP contribution in [0.2, 0.25) is 0 Å². The molecule has 18 heavy (non-hydrogen) atoms. The Balaban J connectivity index is 1.94. The Hall–Kier alpha value is -1.51. The lowest BCUT2D eigenvalue weighted by Crippen LogP contribution is -2.35. The molecule has 1 fully saturated rings. The highest BCUT2D eigenvalue weighted by atomic mass is 16.2. The summed E-state index contributed by atoms with van der Waals surface area (Å²) < 4.78 is 0. The number of carbonyl (C=O) groups excluding carboxylic acids is 1. The highest BCUT2D eigenvalue weighted by molar-refractivity contribution is 5.91. The fraction of sp³-hybridized carbons (Fsp3) is 0.533. The summed E-state index contributed by atoms with van der Waals surface area (Å²) in [6, 6.07) is 7.71. The van der Waals surface area contributed by atoms with Gasteiger partial charge in [0.1, 0.15) is 0 Å². The molecule has 1 aromatic rings. The second-order valence-corrected chi connectivity index (χ2v) is 5.17. The lowest BCUT2D eigenvalue weighted by Gasteiger charge is -2.16. The van der Waals surface area contributed by atoms with E-state index in [4.69, 9.17) is 5.73 Å². The first-order valence-corrected chi connectivity index (χ1v) is 6.83. The average molecular weight is 246 g/mol. The van der Waals surface area contributed by atoms with Crippen LogP contribution >= 0.6 is 0 Å². The average Bonchev–Trinajstić information content (AvgIpc) is 3.17. The molecule has 1 aliphatic carbocycles. The molecule has 0 radical (unpaired) electrons. The zero-order valence-corrected chi connectivity index (χ0v) is 11.0. The molecule has 0 aromatic heterocycles. The van der Waals surface area contributed by atoms with Gasteiger partial charge in [-0.3, -0.25) is 4.79 Å². The molecule has 0 atom stereocenters. The third-order valence-corrected chi connectivity index (χ3v) is 3.71. The van der Waals surface area contributed by atoms with E-state index in [0.29, 0.717) is 0 Å². The van der Waals surface area contributed by atoms with Crippen LogP contribution < -0.4 is 11.1 Å². The number of carbonyl (C=O) groups is 1. The lowest BCUT2D eigenvalue weighted by molar-refractivity contribution is -0.123. The van der Waals surface area contributed by atoms with Crippen LogP contribution in [0.4, 0.5) is 5.69 Å². The fourth-order valence-electron chi connectivity index (χ4n) is 2.32. The van der Waals surface area contributed by atoms with Crippen LogP contribution in [0, 0.1) is 0 Å². The lowest BCUT2D eigenvalue weighted by atomic mass is 9.94. The van der Waals surface area contributed by atoms with Crippen molar-refractivity contribution in [2.75, 3.05) is 12.3 Å². The molecule has 0 heterocycles. The summed E-state index contributed by atoms with van der Waals surface area (Å²) in [5, 5.41) is 3.06. The molecule has 2 rings (SSSR count). The van der Waals surface area contributed by atoms with Crippen LogP contribution in [0.1, 0.15) is 44.6 Å². The summed E-state index contributed by atoms with van der Waals surface area (Å²) >= 11 is 0. The van der Waals surface area contributed by atoms with Crippen molar-refractivity contribution in [1.82, 2.24) is 5.32 Å². The number of rotatable bonds is 6. The topological polar surface area (TPSA) is 55.1 Å². The van der Waals surface area contributed by atoms with Gasteiger partial charge in [-0.2, -0.15) is 0 Å². The Morgan fingerprint density at radius 2 is 1.94 bits per heavy atom. The number of unbranched alkanes of at least 4 members (excludes halogenated alkanes) is 2. The Morgan fingerprint density at radius 1 is 1.28 bits per heavy atom. The maximum Gasteiger partial charge on any atom is 0.230 e. The highest BCUT2D eigenvalue weighted by Crippen LogP contribution is 2.48. The Bertz CT molecular complexity index is 407. The molecule has 1 saturated carbocycles. The van der Waals surface area contributed by atoms with E-state index >= 15 is 0 Å². The quantitative estimate of drug-likeness (QED) is 0.599. The van der Waals surface area contributed by atoms with E-state index in [2.05, 4.69) is 12.2 Å². The zero-order valence-electron chi connectivity index (χ0n) is 11.0. The van der Waals surface area contributed by atoms with Crippen molar-refractivity contribution in [3.8, 4) is 0 Å². The molecule has 98 valence electrons. The second kappa shape index (κ2) is 5.42. The van der Waals surface area contributed by atoms with Gasteiger partial charge in [0, 0.05) is 12.2 Å². The van der Waals surface area contributed by atoms with Crippen molar-refractivity contribution in [1.29, 1.82) is 0 Å². The van der Waals surface area contributed by atoms with Crippen LogP contribution in [0.25, 0.3) is 0 Å². The van der Waals surface area contributed by atoms with E-state index in [-0.39, 0.29) is 11.3 Å². The van der Waals surface area contributed by atoms with Crippen molar-refractivity contribution in [2.45, 2.75) is 44.4 Å². The van der Waals surface area contributed by atoms with E-state index in [1.54, 1.807) is 0 Å². The standard InChI is InChI=1S/C15H22N2O/c1-2-3-4-11-17-14(18)15(9-10-15)12-5-7-13(16)8-6-12/h5-8H,2-4,9-11,16H2,1H3,(H,17,18). The van der Waals surface area contributed by atoms with Gasteiger partial charge in [-0.15, -0.1) is 0 Å². The molecule has 1 aliphatic rings. The van der Waals surface area contributed by atoms with Gasteiger partial charge in [0.25, 0.3) is 0 Å². The summed E-state index contributed by atoms with van der Waals surface area (Å²) in [7, 11) is 0. The number of nitrogen functional groups attached to an aromatic ring is 1. The minimum Gasteiger partial charge on any atom is -0.399 e. The van der Waals surface area contributed by atoms with Gasteiger partial charge >= 0.3 is 0 Å². The Kier molecular flexibility index (Phi) is 3.90. The number of nitrogens with two attached hydrogens (primary N) is 1. The smallest absolute Gasteiger partial charge is 0.230 e. The van der Waals surface area contributed by atoms with Crippen molar-refractivity contribution < 1.29 is 4.79 Å². The molecule has 3 N–H and O–H groups in total. The monoisotopic (exact) mass is 246 g/mol. The molecular weight excluding hydrogens is 224 g/mol. The zero-order chi connectivity index (χ0) is 13.0. The van der Waals surface area contributed by atoms with E-state index < -0.39 is 0 Å². The van der Waals surface area contributed by atoms with Crippen molar-refractivity contribution >= 4 is 11.6 Å². The maximum atomic E-state index is 12.2. The van der Waals surface area contributed by atoms with Crippen LogP contribution in [0.5, 0.6) is 0 Å². The predicted octanol–water partition coefficient (Wildman–Crippen LogP) is 2.61. The Morgan fingerprint density at radius 3 is 2.50 bits per heavy atom. The molecule has 1 aromatic carbocycles. The maximum absolute atomic E-state index is 12.2. The number of anilines is 1. The van der Waals surface area contributed by atoms with Gasteiger partial charge in [-0.25, -0.2) is 0 Å². The van der Waals surface area contributed by atoms with Gasteiger partial charge in [-0.05, 0) is 37.0 Å². The predicted molar refractivity (Wildman–Crippen MR) is 74.3 cm³/mol. The summed E-state index contributed by atoms with van der Waals surface area (Å²) in [5.74, 6) is 0.184. The normalized spacial score (nSPS) is 16.3. The van der Waals surface area contributed by atoms with Crippen LogP contribution in [0.15, 0.2) is 24.3 Å². The third-order valence-electron chi connectivity index (χ3n) is 3.71. The van der Waals surface area contributed by atoms with Gasteiger partial charge in [0.05, 0.1) is 5.41 Å². The van der Waals surface area contributed by atoms with Crippen molar-refractivity contribution in [3.05, 3.63) is 29.8 Å². The fourth-order valence-corrected chi connectivity index (χ4v) is 2.32. The van der Waals surface area contributed by atoms with Crippen LogP contribution in [-0.2, 0) is 10.2 Å². The first kappa shape index (κ1) is 12.9. The van der Waals surface area contributed by atoms with Gasteiger partial charge in [0.2, 0.25) is 5.91 Å². The minimum absolute atomic E-state index is 0.184. The first-order chi connectivity index (χ1) is 8.69. The Labute approximate surface area is 109 Å². The minimum atomic E-state index is -0.264. The second-order valence-electron chi connectivity index (χ2n) is 5.17. The molecule has 0 unspecified atom stereocenters. The van der Waals surface area contributed by atoms with E-state index in [1.165, 1.54) is 12.8 Å². The summed E-state index contributed by atoms with van der Waals surface area (Å²) in [6.07, 6.45) is 5.33. The number of benzene rings is 1. The molecule has 0 bridgehead atoms. The van der Waals surface area contributed by atoms with Gasteiger partial charge in [-0.1, -0.05) is 31.9 Å². The van der Waals surface area contributed by atoms with Crippen molar-refractivity contribution in [2.24, 2.45) is 0 Å². The van der Waals surface area contributed by atoms with E-state index in [1.807, 2.05) is 24.3 Å². The SMILES string of the molecule is CCCCCNC(=O)C1(c2ccc(N)cc2)CC1. The number of hydrogen-bond donors (Lipinski definition) is 2. The summed E-state index contributed by atoms with van der Waals surface area (Å²) in [5.41, 5.74) is 7.27. The van der Waals surface area contributed by atoms with Crippen molar-refractivity contribution in [3.63, 3.8) is 0 Å². The number of nitrogens with one attached hydrogen (secondary N) is 1. The molecule has 3 nitrogen and oxygen atoms in total. The molecule has 0 spiro atoms. The van der Waals surface area contributed by atoms with Crippen LogP contribution in [-0.4, -0.2) is 12.5 Å². The van der Waals surface area contributed by atoms with E-state index in [9.17, 15) is 4.79 Å². The molecule has 0 aliphatic heterocycles. The van der Waals surface area contributed by atoms with Gasteiger partial charge in [0.15, 0.2) is 0 Å². The largest absolute Gasteiger partial charge is 0.399 e. The summed E-state index contributed by atoms with van der Waals surface area (Å²) in [4.78, 5) is 12.2. The molecular formula is C15H22N2O. The van der Waals surface area contributed by atoms with E-state index in [0.717, 1.165) is 37.1 Å². The number of hydrogen-bond acceptors (Lipinski definition) is 2. The third kappa shape index (κ3) is 2.66. The summed E-state index contributed by atoms with van der Waals surface area (Å²) in [6.45, 7) is 2.96. The molecule has 1 amide bonds. The van der Waals surface area contributed by atoms with Crippen LogP contribution in [0.3, 0.4) is 0 Å². The number of amides is 1. The molecule has 0 saturated heterocycles. The first-order valence-electron chi connectivity index (χ1n) is 6.83. The molecule has 3 heteroatoms. The van der Waals surface area contributed by atoms with Gasteiger partial charge < -0.3 is 11.1 Å². The highest BCUT2D eigenvalue weighted by Gasteiger charge is 2.50.